The summed E-state index contributed by atoms with van der Waals surface area (Å²) < 4.78 is 0. The van der Waals surface area contributed by atoms with Gasteiger partial charge in [-0.15, -0.1) is 11.8 Å². The van der Waals surface area contributed by atoms with Gasteiger partial charge in [0.2, 0.25) is 5.91 Å². The summed E-state index contributed by atoms with van der Waals surface area (Å²) in [4.78, 5) is 22.9. The van der Waals surface area contributed by atoms with E-state index in [9.17, 15) is 14.7 Å². The fourth-order valence-electron chi connectivity index (χ4n) is 1.77. The van der Waals surface area contributed by atoms with E-state index in [1.807, 2.05) is 30.3 Å². The van der Waals surface area contributed by atoms with Crippen LogP contribution >= 0.6 is 11.8 Å². The highest BCUT2D eigenvalue weighted by Crippen LogP contribution is 2.17. The molecule has 1 aromatic carbocycles. The van der Waals surface area contributed by atoms with Crippen LogP contribution in [0, 0.1) is 5.92 Å². The Hall–Kier alpha value is -1.49. The van der Waals surface area contributed by atoms with Crippen molar-refractivity contribution in [2.45, 2.75) is 31.9 Å². The lowest BCUT2D eigenvalue weighted by atomic mass is 10.1. The lowest BCUT2D eigenvalue weighted by Crippen LogP contribution is -2.29. The normalized spacial score (nSPS) is 12.1. The number of rotatable bonds is 9. The van der Waals surface area contributed by atoms with E-state index in [0.29, 0.717) is 18.9 Å². The van der Waals surface area contributed by atoms with Crippen LogP contribution in [0.15, 0.2) is 30.3 Å². The quantitative estimate of drug-likeness (QED) is 0.736. The van der Waals surface area contributed by atoms with E-state index in [1.165, 1.54) is 11.8 Å². The lowest BCUT2D eigenvalue weighted by molar-refractivity contribution is -0.136. The molecule has 0 saturated heterocycles. The minimum Gasteiger partial charge on any atom is -0.480 e. The standard InChI is InChI=1S/C16H23NO3S/c1-12(2)8-9-17-15(18)11-21-14(16(19)20)10-13-6-4-3-5-7-13/h3-7,12,14H,8-11H2,1-2H3,(H,17,18)(H,19,20). The van der Waals surface area contributed by atoms with Gasteiger partial charge in [-0.1, -0.05) is 44.2 Å². The van der Waals surface area contributed by atoms with Gasteiger partial charge in [0.25, 0.3) is 0 Å². The van der Waals surface area contributed by atoms with Crippen LogP contribution in [0.4, 0.5) is 0 Å². The third-order valence-corrected chi connectivity index (χ3v) is 4.20. The Morgan fingerprint density at radius 3 is 2.48 bits per heavy atom. The number of carboxylic acids is 1. The first-order valence-electron chi connectivity index (χ1n) is 7.14. The van der Waals surface area contributed by atoms with Gasteiger partial charge in [-0.05, 0) is 24.3 Å². The molecule has 1 rings (SSSR count). The number of carbonyl (C=O) groups is 2. The fraction of sp³-hybridized carbons (Fsp3) is 0.500. The second-order valence-corrected chi connectivity index (χ2v) is 6.55. The van der Waals surface area contributed by atoms with Crippen molar-refractivity contribution in [2.75, 3.05) is 12.3 Å². The Morgan fingerprint density at radius 2 is 1.90 bits per heavy atom. The minimum atomic E-state index is -0.876. The molecule has 0 aliphatic heterocycles. The van der Waals surface area contributed by atoms with Crippen molar-refractivity contribution < 1.29 is 14.7 Å². The van der Waals surface area contributed by atoms with Crippen LogP contribution in [0.1, 0.15) is 25.8 Å². The Balaban J connectivity index is 2.38. The van der Waals surface area contributed by atoms with Crippen LogP contribution in [0.3, 0.4) is 0 Å². The molecule has 4 nitrogen and oxygen atoms in total. The van der Waals surface area contributed by atoms with Crippen molar-refractivity contribution in [3.8, 4) is 0 Å². The number of thioether (sulfide) groups is 1. The van der Waals surface area contributed by atoms with Gasteiger partial charge < -0.3 is 10.4 Å². The second-order valence-electron chi connectivity index (χ2n) is 5.36. The van der Waals surface area contributed by atoms with Crippen LogP contribution in [-0.2, 0) is 16.0 Å². The highest BCUT2D eigenvalue weighted by Gasteiger charge is 2.19. The fourth-order valence-corrected chi connectivity index (χ4v) is 2.68. The molecule has 116 valence electrons. The molecule has 0 heterocycles. The van der Waals surface area contributed by atoms with Crippen molar-refractivity contribution in [3.63, 3.8) is 0 Å². The largest absolute Gasteiger partial charge is 0.480 e. The third-order valence-electron chi connectivity index (χ3n) is 3.00. The molecule has 1 aromatic rings. The van der Waals surface area contributed by atoms with Crippen LogP contribution in [0.5, 0.6) is 0 Å². The van der Waals surface area contributed by atoms with Gasteiger partial charge in [-0.3, -0.25) is 9.59 Å². The first-order valence-corrected chi connectivity index (χ1v) is 8.19. The maximum Gasteiger partial charge on any atom is 0.316 e. The first-order chi connectivity index (χ1) is 9.99. The monoisotopic (exact) mass is 309 g/mol. The number of aliphatic carboxylic acids is 1. The molecule has 0 aliphatic rings. The summed E-state index contributed by atoms with van der Waals surface area (Å²) in [7, 11) is 0. The molecule has 0 fully saturated rings. The molecule has 0 saturated carbocycles. The highest BCUT2D eigenvalue weighted by atomic mass is 32.2. The lowest BCUT2D eigenvalue weighted by Gasteiger charge is -2.12. The highest BCUT2D eigenvalue weighted by molar-refractivity contribution is 8.01. The van der Waals surface area contributed by atoms with E-state index in [1.54, 1.807) is 0 Å². The average molecular weight is 309 g/mol. The Bertz CT molecular complexity index is 448. The number of benzene rings is 1. The summed E-state index contributed by atoms with van der Waals surface area (Å²) >= 11 is 1.18. The zero-order valence-corrected chi connectivity index (χ0v) is 13.4. The molecular formula is C16H23NO3S. The topological polar surface area (TPSA) is 66.4 Å². The van der Waals surface area contributed by atoms with Gasteiger partial charge in [0.15, 0.2) is 0 Å². The molecule has 1 unspecified atom stereocenters. The van der Waals surface area contributed by atoms with E-state index in [2.05, 4.69) is 19.2 Å². The van der Waals surface area contributed by atoms with E-state index < -0.39 is 11.2 Å². The summed E-state index contributed by atoms with van der Waals surface area (Å²) in [6, 6.07) is 9.47. The second kappa shape index (κ2) is 9.45. The maximum atomic E-state index is 11.7. The van der Waals surface area contributed by atoms with Gasteiger partial charge in [0, 0.05) is 6.54 Å². The predicted octanol–water partition coefficient (Wildman–Crippen LogP) is 2.58. The van der Waals surface area contributed by atoms with E-state index >= 15 is 0 Å². The van der Waals surface area contributed by atoms with Gasteiger partial charge in [-0.2, -0.15) is 0 Å². The summed E-state index contributed by atoms with van der Waals surface area (Å²) in [5.74, 6) is -0.247. The molecule has 5 heteroatoms. The molecule has 0 bridgehead atoms. The first kappa shape index (κ1) is 17.6. The molecule has 1 atom stereocenters. The molecule has 21 heavy (non-hydrogen) atoms. The molecule has 2 N–H and O–H groups in total. The predicted molar refractivity (Wildman–Crippen MR) is 86.5 cm³/mol. The Labute approximate surface area is 130 Å². The van der Waals surface area contributed by atoms with Crippen molar-refractivity contribution >= 4 is 23.6 Å². The molecule has 0 spiro atoms. The zero-order valence-electron chi connectivity index (χ0n) is 12.5. The van der Waals surface area contributed by atoms with Gasteiger partial charge >= 0.3 is 5.97 Å². The number of carbonyl (C=O) groups excluding carboxylic acids is 1. The van der Waals surface area contributed by atoms with Gasteiger partial charge in [0.1, 0.15) is 5.25 Å². The summed E-state index contributed by atoms with van der Waals surface area (Å²) in [6.45, 7) is 4.84. The SMILES string of the molecule is CC(C)CCNC(=O)CSC(Cc1ccccc1)C(=O)O. The van der Waals surface area contributed by atoms with Crippen LogP contribution in [0.25, 0.3) is 0 Å². The number of hydrogen-bond donors (Lipinski definition) is 2. The van der Waals surface area contributed by atoms with Crippen molar-refractivity contribution in [1.82, 2.24) is 5.32 Å². The van der Waals surface area contributed by atoms with Crippen molar-refractivity contribution in [1.29, 1.82) is 0 Å². The number of hydrogen-bond acceptors (Lipinski definition) is 3. The number of nitrogens with one attached hydrogen (secondary N) is 1. The summed E-state index contributed by atoms with van der Waals surface area (Å²) in [6.07, 6.45) is 1.36. The minimum absolute atomic E-state index is 0.0973. The van der Waals surface area contributed by atoms with Crippen LogP contribution < -0.4 is 5.32 Å². The third kappa shape index (κ3) is 7.75. The molecule has 1 amide bonds. The number of amides is 1. The molecule has 0 radical (unpaired) electrons. The van der Waals surface area contributed by atoms with Crippen molar-refractivity contribution in [2.24, 2.45) is 5.92 Å². The summed E-state index contributed by atoms with van der Waals surface area (Å²) in [5.41, 5.74) is 0.970. The smallest absolute Gasteiger partial charge is 0.316 e. The van der Waals surface area contributed by atoms with E-state index in [-0.39, 0.29) is 11.7 Å². The van der Waals surface area contributed by atoms with Crippen LogP contribution in [0.2, 0.25) is 0 Å². The molecule has 0 aromatic heterocycles. The van der Waals surface area contributed by atoms with Gasteiger partial charge in [0.05, 0.1) is 5.75 Å². The Kier molecular flexibility index (Phi) is 7.90. The van der Waals surface area contributed by atoms with E-state index in [4.69, 9.17) is 0 Å². The van der Waals surface area contributed by atoms with E-state index in [0.717, 1.165) is 12.0 Å². The van der Waals surface area contributed by atoms with Crippen molar-refractivity contribution in [3.05, 3.63) is 35.9 Å². The average Bonchev–Trinajstić information content (AvgIpc) is 2.43. The Morgan fingerprint density at radius 1 is 1.24 bits per heavy atom. The molecule has 0 aliphatic carbocycles. The zero-order chi connectivity index (χ0) is 15.7. The van der Waals surface area contributed by atoms with Gasteiger partial charge in [-0.25, -0.2) is 0 Å². The number of carboxylic acid groups (broad SMARTS) is 1. The molecular weight excluding hydrogens is 286 g/mol. The maximum absolute atomic E-state index is 11.7. The summed E-state index contributed by atoms with van der Waals surface area (Å²) in [5, 5.41) is 11.5. The van der Waals surface area contributed by atoms with Crippen LogP contribution in [-0.4, -0.2) is 34.5 Å².